The summed E-state index contributed by atoms with van der Waals surface area (Å²) in [5.41, 5.74) is 6.36. The van der Waals surface area contributed by atoms with Gasteiger partial charge in [-0.15, -0.1) is 0 Å². The molecule has 0 saturated carbocycles. The molecule has 6 rings (SSSR count). The molecular weight excluding hydrogens is 455 g/mol. The topological polar surface area (TPSA) is 81.4 Å². The van der Waals surface area contributed by atoms with Crippen molar-refractivity contribution in [2.45, 2.75) is 6.92 Å². The van der Waals surface area contributed by atoms with Crippen LogP contribution in [0, 0.1) is 12.7 Å². The maximum absolute atomic E-state index is 14.0. The molecule has 176 valence electrons. The number of nitrogens with zero attached hydrogens (tertiary/aromatic N) is 5. The van der Waals surface area contributed by atoms with Gasteiger partial charge in [-0.25, -0.2) is 19.2 Å². The molecule has 0 aliphatic carbocycles. The number of hydrogen-bond donors (Lipinski definition) is 1. The van der Waals surface area contributed by atoms with E-state index in [4.69, 9.17) is 4.98 Å². The zero-order valence-corrected chi connectivity index (χ0v) is 19.6. The summed E-state index contributed by atoms with van der Waals surface area (Å²) in [6, 6.07) is 20.3. The Kier molecular flexibility index (Phi) is 5.07. The van der Waals surface area contributed by atoms with E-state index in [1.807, 2.05) is 48.5 Å². The molecule has 3 aromatic carbocycles. The van der Waals surface area contributed by atoms with Gasteiger partial charge in [0.25, 0.3) is 0 Å². The van der Waals surface area contributed by atoms with Gasteiger partial charge < -0.3 is 4.98 Å². The molecule has 0 spiro atoms. The van der Waals surface area contributed by atoms with Crippen molar-refractivity contribution < 1.29 is 4.39 Å². The molecule has 8 heteroatoms. The fourth-order valence-corrected chi connectivity index (χ4v) is 4.45. The van der Waals surface area contributed by atoms with Gasteiger partial charge in [0, 0.05) is 30.6 Å². The number of imidazole rings is 2. The SMILES string of the molecule is Cc1cc(-c2nc(-c3cnccn3)[nH]c2-c2ccc3c(c2)n(C)c(=O)n3-c2ccccc2)ccc1F. The van der Waals surface area contributed by atoms with E-state index in [1.54, 1.807) is 53.8 Å². The fourth-order valence-electron chi connectivity index (χ4n) is 4.45. The average Bonchev–Trinajstić information content (AvgIpc) is 3.46. The first-order valence-electron chi connectivity index (χ1n) is 11.4. The van der Waals surface area contributed by atoms with Gasteiger partial charge in [0.05, 0.1) is 34.3 Å². The first-order chi connectivity index (χ1) is 17.5. The molecule has 0 aliphatic rings. The van der Waals surface area contributed by atoms with Crippen molar-refractivity contribution >= 4 is 11.0 Å². The van der Waals surface area contributed by atoms with Crippen LogP contribution in [0.15, 0.2) is 90.1 Å². The molecule has 0 unspecified atom stereocenters. The standard InChI is InChI=1S/C28H21FN6O/c1-17-14-18(8-10-21(17)29)25-26(33-27(32-25)22-16-30-12-13-31-22)19-9-11-23-24(15-19)34(2)28(36)35(23)20-6-4-3-5-7-20/h3-16H,1-2H3,(H,32,33). The molecule has 7 nitrogen and oxygen atoms in total. The van der Waals surface area contributed by atoms with Gasteiger partial charge in [-0.3, -0.25) is 14.1 Å². The Hall–Kier alpha value is -4.85. The van der Waals surface area contributed by atoms with E-state index in [-0.39, 0.29) is 11.5 Å². The normalized spacial score (nSPS) is 11.3. The molecule has 0 saturated heterocycles. The largest absolute Gasteiger partial charge is 0.336 e. The number of aryl methyl sites for hydroxylation is 2. The minimum absolute atomic E-state index is 0.132. The van der Waals surface area contributed by atoms with Crippen LogP contribution in [0.1, 0.15) is 5.56 Å². The smallest absolute Gasteiger partial charge is 0.333 e. The molecule has 3 aromatic heterocycles. The maximum atomic E-state index is 14.0. The van der Waals surface area contributed by atoms with Crippen LogP contribution in [0.25, 0.3) is 50.8 Å². The summed E-state index contributed by atoms with van der Waals surface area (Å²) < 4.78 is 17.4. The van der Waals surface area contributed by atoms with Crippen molar-refractivity contribution in [1.82, 2.24) is 29.1 Å². The average molecular weight is 477 g/mol. The maximum Gasteiger partial charge on any atom is 0.333 e. The summed E-state index contributed by atoms with van der Waals surface area (Å²) in [7, 11) is 1.76. The Morgan fingerprint density at radius 2 is 1.72 bits per heavy atom. The van der Waals surface area contributed by atoms with Gasteiger partial charge in [0.2, 0.25) is 0 Å². The van der Waals surface area contributed by atoms with Gasteiger partial charge in [-0.2, -0.15) is 0 Å². The molecule has 3 heterocycles. The van der Waals surface area contributed by atoms with Crippen LogP contribution >= 0.6 is 0 Å². The third-order valence-corrected chi connectivity index (χ3v) is 6.30. The lowest BCUT2D eigenvalue weighted by molar-refractivity contribution is 0.619. The number of H-pyrrole nitrogens is 1. The highest BCUT2D eigenvalue weighted by Crippen LogP contribution is 2.34. The second kappa shape index (κ2) is 8.42. The number of rotatable bonds is 4. The lowest BCUT2D eigenvalue weighted by Crippen LogP contribution is -2.20. The van der Waals surface area contributed by atoms with E-state index in [0.29, 0.717) is 22.8 Å². The molecule has 0 aliphatic heterocycles. The summed E-state index contributed by atoms with van der Waals surface area (Å²) >= 11 is 0. The Morgan fingerprint density at radius 1 is 0.917 bits per heavy atom. The summed E-state index contributed by atoms with van der Waals surface area (Å²) in [5, 5.41) is 0. The summed E-state index contributed by atoms with van der Waals surface area (Å²) in [4.78, 5) is 29.9. The number of benzene rings is 3. The number of para-hydroxylation sites is 1. The molecule has 0 bridgehead atoms. The molecule has 0 radical (unpaired) electrons. The summed E-state index contributed by atoms with van der Waals surface area (Å²) in [6.45, 7) is 1.73. The second-order valence-electron chi connectivity index (χ2n) is 8.58. The van der Waals surface area contributed by atoms with Crippen LogP contribution in [0.3, 0.4) is 0 Å². The highest BCUT2D eigenvalue weighted by molar-refractivity contribution is 5.88. The van der Waals surface area contributed by atoms with Crippen LogP contribution < -0.4 is 5.69 Å². The number of aromatic amines is 1. The third kappa shape index (κ3) is 3.51. The molecule has 36 heavy (non-hydrogen) atoms. The minimum Gasteiger partial charge on any atom is -0.336 e. The second-order valence-corrected chi connectivity index (χ2v) is 8.58. The first kappa shape index (κ1) is 21.7. The highest BCUT2D eigenvalue weighted by atomic mass is 19.1. The number of halogens is 1. The predicted octanol–water partition coefficient (Wildman–Crippen LogP) is 5.29. The Balaban J connectivity index is 1.57. The summed E-state index contributed by atoms with van der Waals surface area (Å²) in [5.74, 6) is 0.273. The Bertz CT molecular complexity index is 1780. The zero-order chi connectivity index (χ0) is 24.8. The molecular formula is C28H21FN6O. The van der Waals surface area contributed by atoms with Crippen molar-refractivity contribution in [2.75, 3.05) is 0 Å². The number of fused-ring (bicyclic) bond motifs is 1. The van der Waals surface area contributed by atoms with Crippen LogP contribution in [-0.4, -0.2) is 29.1 Å². The van der Waals surface area contributed by atoms with Crippen LogP contribution in [0.4, 0.5) is 4.39 Å². The lowest BCUT2D eigenvalue weighted by Gasteiger charge is -2.07. The number of aromatic nitrogens is 6. The fraction of sp³-hybridized carbons (Fsp3) is 0.0714. The van der Waals surface area contributed by atoms with Gasteiger partial charge in [0.1, 0.15) is 11.5 Å². The van der Waals surface area contributed by atoms with E-state index < -0.39 is 0 Å². The van der Waals surface area contributed by atoms with Crippen molar-refractivity contribution in [3.63, 3.8) is 0 Å². The Morgan fingerprint density at radius 3 is 2.47 bits per heavy atom. The van der Waals surface area contributed by atoms with Crippen molar-refractivity contribution in [3.8, 4) is 39.7 Å². The van der Waals surface area contributed by atoms with E-state index in [0.717, 1.165) is 33.5 Å². The van der Waals surface area contributed by atoms with E-state index in [2.05, 4.69) is 15.0 Å². The van der Waals surface area contributed by atoms with E-state index in [9.17, 15) is 9.18 Å². The van der Waals surface area contributed by atoms with E-state index >= 15 is 0 Å². The summed E-state index contributed by atoms with van der Waals surface area (Å²) in [6.07, 6.45) is 4.84. The van der Waals surface area contributed by atoms with Crippen molar-refractivity contribution in [2.24, 2.45) is 7.05 Å². The van der Waals surface area contributed by atoms with Gasteiger partial charge >= 0.3 is 5.69 Å². The lowest BCUT2D eigenvalue weighted by atomic mass is 10.0. The Labute approximate surface area is 205 Å². The first-order valence-corrected chi connectivity index (χ1v) is 11.4. The van der Waals surface area contributed by atoms with Gasteiger partial charge in [0.15, 0.2) is 5.82 Å². The molecule has 0 atom stereocenters. The van der Waals surface area contributed by atoms with Crippen LogP contribution in [0.5, 0.6) is 0 Å². The quantitative estimate of drug-likeness (QED) is 0.375. The van der Waals surface area contributed by atoms with Crippen LogP contribution in [0.2, 0.25) is 0 Å². The third-order valence-electron chi connectivity index (χ3n) is 6.30. The molecule has 1 N–H and O–H groups in total. The van der Waals surface area contributed by atoms with Gasteiger partial charge in [-0.05, 0) is 55.0 Å². The van der Waals surface area contributed by atoms with Gasteiger partial charge in [-0.1, -0.05) is 24.3 Å². The van der Waals surface area contributed by atoms with E-state index in [1.165, 1.54) is 6.07 Å². The van der Waals surface area contributed by atoms with Crippen LogP contribution in [-0.2, 0) is 7.05 Å². The predicted molar refractivity (Wildman–Crippen MR) is 137 cm³/mol. The van der Waals surface area contributed by atoms with Crippen molar-refractivity contribution in [1.29, 1.82) is 0 Å². The zero-order valence-electron chi connectivity index (χ0n) is 19.6. The molecule has 0 amide bonds. The number of nitrogens with one attached hydrogen (secondary N) is 1. The molecule has 0 fully saturated rings. The highest BCUT2D eigenvalue weighted by Gasteiger charge is 2.19. The molecule has 6 aromatic rings. The minimum atomic E-state index is -0.274. The number of hydrogen-bond acceptors (Lipinski definition) is 4. The van der Waals surface area contributed by atoms with Crippen molar-refractivity contribution in [3.05, 3.63) is 107 Å². The monoisotopic (exact) mass is 476 g/mol.